The van der Waals surface area contributed by atoms with Crippen LogP contribution in [0.2, 0.25) is 0 Å². The highest BCUT2D eigenvalue weighted by atomic mass is 16.5. The molecule has 84 valence electrons. The summed E-state index contributed by atoms with van der Waals surface area (Å²) in [6, 6.07) is 0. The number of allylic oxidation sites excluding steroid dienone is 3. The van der Waals surface area contributed by atoms with Gasteiger partial charge in [-0.15, -0.1) is 0 Å². The van der Waals surface area contributed by atoms with Crippen molar-refractivity contribution < 1.29 is 14.6 Å². The fourth-order valence-corrected chi connectivity index (χ4v) is 1.38. The SMILES string of the molecule is CC=CC=CC(=O)N1CCOC(CO)C1. The molecule has 1 aliphatic heterocycles. The third-order valence-electron chi connectivity index (χ3n) is 2.20. The number of aliphatic hydroxyl groups is 1. The van der Waals surface area contributed by atoms with Gasteiger partial charge in [-0.25, -0.2) is 0 Å². The molecule has 0 saturated carbocycles. The van der Waals surface area contributed by atoms with Crippen molar-refractivity contribution in [2.45, 2.75) is 13.0 Å². The Bertz CT molecular complexity index is 261. The van der Waals surface area contributed by atoms with Crippen molar-refractivity contribution in [3.8, 4) is 0 Å². The van der Waals surface area contributed by atoms with Crippen LogP contribution in [0.25, 0.3) is 0 Å². The molecule has 0 radical (unpaired) electrons. The molecule has 4 heteroatoms. The minimum absolute atomic E-state index is 0.0325. The molecule has 1 saturated heterocycles. The number of rotatable bonds is 3. The Balaban J connectivity index is 2.45. The van der Waals surface area contributed by atoms with E-state index in [1.54, 1.807) is 11.0 Å². The minimum Gasteiger partial charge on any atom is -0.394 e. The van der Waals surface area contributed by atoms with E-state index in [2.05, 4.69) is 0 Å². The number of aliphatic hydroxyl groups excluding tert-OH is 1. The minimum atomic E-state index is -0.238. The zero-order chi connectivity index (χ0) is 11.1. The molecule has 1 amide bonds. The van der Waals surface area contributed by atoms with Gasteiger partial charge in [0.25, 0.3) is 0 Å². The first-order chi connectivity index (χ1) is 7.27. The summed E-state index contributed by atoms with van der Waals surface area (Å²) in [6.07, 6.45) is 6.67. The third kappa shape index (κ3) is 3.85. The van der Waals surface area contributed by atoms with Crippen LogP contribution in [-0.2, 0) is 9.53 Å². The Hall–Kier alpha value is -1.13. The molecule has 1 N–H and O–H groups in total. The van der Waals surface area contributed by atoms with E-state index in [0.29, 0.717) is 19.7 Å². The predicted octanol–water partition coefficient (Wildman–Crippen LogP) is 0.338. The Morgan fingerprint density at radius 3 is 3.07 bits per heavy atom. The molecule has 1 heterocycles. The largest absolute Gasteiger partial charge is 0.394 e. The summed E-state index contributed by atoms with van der Waals surface area (Å²) >= 11 is 0. The lowest BCUT2D eigenvalue weighted by Crippen LogP contribution is -2.46. The summed E-state index contributed by atoms with van der Waals surface area (Å²) in [7, 11) is 0. The summed E-state index contributed by atoms with van der Waals surface area (Å²) < 4.78 is 5.25. The van der Waals surface area contributed by atoms with Gasteiger partial charge in [-0.1, -0.05) is 18.2 Å². The van der Waals surface area contributed by atoms with Crippen LogP contribution in [0.15, 0.2) is 24.3 Å². The average molecular weight is 211 g/mol. The highest BCUT2D eigenvalue weighted by Gasteiger charge is 2.21. The Kier molecular flexibility index (Phi) is 5.07. The summed E-state index contributed by atoms with van der Waals surface area (Å²) in [5.41, 5.74) is 0. The van der Waals surface area contributed by atoms with Crippen molar-refractivity contribution in [2.24, 2.45) is 0 Å². The van der Waals surface area contributed by atoms with E-state index in [1.165, 1.54) is 6.08 Å². The maximum Gasteiger partial charge on any atom is 0.246 e. The molecule has 1 aliphatic rings. The summed E-state index contributed by atoms with van der Waals surface area (Å²) in [6.45, 7) is 3.41. The van der Waals surface area contributed by atoms with Crippen molar-refractivity contribution in [1.82, 2.24) is 4.90 Å². The van der Waals surface area contributed by atoms with E-state index in [4.69, 9.17) is 9.84 Å². The van der Waals surface area contributed by atoms with E-state index >= 15 is 0 Å². The number of hydrogen-bond donors (Lipinski definition) is 1. The van der Waals surface area contributed by atoms with Gasteiger partial charge in [-0.2, -0.15) is 0 Å². The molecule has 0 bridgehead atoms. The highest BCUT2D eigenvalue weighted by Crippen LogP contribution is 2.05. The number of amides is 1. The summed E-state index contributed by atoms with van der Waals surface area (Å²) in [4.78, 5) is 13.3. The zero-order valence-corrected chi connectivity index (χ0v) is 8.93. The van der Waals surface area contributed by atoms with Gasteiger partial charge in [0.15, 0.2) is 0 Å². The van der Waals surface area contributed by atoms with E-state index in [0.717, 1.165) is 0 Å². The highest BCUT2D eigenvalue weighted by molar-refractivity contribution is 5.87. The second kappa shape index (κ2) is 6.37. The number of nitrogens with zero attached hydrogens (tertiary/aromatic N) is 1. The van der Waals surface area contributed by atoms with E-state index in [9.17, 15) is 4.79 Å². The molecule has 15 heavy (non-hydrogen) atoms. The lowest BCUT2D eigenvalue weighted by molar-refractivity contribution is -0.135. The van der Waals surface area contributed by atoms with Crippen molar-refractivity contribution in [2.75, 3.05) is 26.3 Å². The van der Waals surface area contributed by atoms with E-state index < -0.39 is 0 Å². The monoisotopic (exact) mass is 211 g/mol. The third-order valence-corrected chi connectivity index (χ3v) is 2.20. The van der Waals surface area contributed by atoms with Crippen LogP contribution in [0.3, 0.4) is 0 Å². The molecule has 4 nitrogen and oxygen atoms in total. The molecule has 1 rings (SSSR count). The Morgan fingerprint density at radius 2 is 2.40 bits per heavy atom. The number of carbonyl (C=O) groups is 1. The number of morpholine rings is 1. The quantitative estimate of drug-likeness (QED) is 0.541. The van der Waals surface area contributed by atoms with E-state index in [-0.39, 0.29) is 18.6 Å². The molecule has 1 atom stereocenters. The van der Waals surface area contributed by atoms with Crippen LogP contribution in [0, 0.1) is 0 Å². The van der Waals surface area contributed by atoms with Gasteiger partial charge < -0.3 is 14.7 Å². The average Bonchev–Trinajstić information content (AvgIpc) is 2.29. The van der Waals surface area contributed by atoms with Crippen LogP contribution >= 0.6 is 0 Å². The Morgan fingerprint density at radius 1 is 1.60 bits per heavy atom. The maximum atomic E-state index is 11.6. The smallest absolute Gasteiger partial charge is 0.246 e. The fourth-order valence-electron chi connectivity index (χ4n) is 1.38. The van der Waals surface area contributed by atoms with Crippen LogP contribution in [0.4, 0.5) is 0 Å². The van der Waals surface area contributed by atoms with Gasteiger partial charge in [-0.05, 0) is 6.92 Å². The lowest BCUT2D eigenvalue weighted by Gasteiger charge is -2.31. The normalized spacial score (nSPS) is 22.8. The van der Waals surface area contributed by atoms with Crippen molar-refractivity contribution >= 4 is 5.91 Å². The number of hydrogen-bond acceptors (Lipinski definition) is 3. The van der Waals surface area contributed by atoms with Crippen LogP contribution in [-0.4, -0.2) is 48.3 Å². The van der Waals surface area contributed by atoms with Gasteiger partial charge >= 0.3 is 0 Å². The topological polar surface area (TPSA) is 49.8 Å². The molecule has 0 aromatic rings. The van der Waals surface area contributed by atoms with Crippen LogP contribution in [0.1, 0.15) is 6.92 Å². The fraction of sp³-hybridized carbons (Fsp3) is 0.545. The molecule has 1 fully saturated rings. The van der Waals surface area contributed by atoms with Gasteiger partial charge in [0.1, 0.15) is 0 Å². The number of carbonyl (C=O) groups excluding carboxylic acids is 1. The molecule has 1 unspecified atom stereocenters. The van der Waals surface area contributed by atoms with Gasteiger partial charge in [-0.3, -0.25) is 4.79 Å². The Labute approximate surface area is 89.8 Å². The van der Waals surface area contributed by atoms with E-state index in [1.807, 2.05) is 19.1 Å². The summed E-state index contributed by atoms with van der Waals surface area (Å²) in [5.74, 6) is -0.0325. The summed E-state index contributed by atoms with van der Waals surface area (Å²) in [5, 5.41) is 8.91. The maximum absolute atomic E-state index is 11.6. The van der Waals surface area contributed by atoms with Crippen molar-refractivity contribution in [1.29, 1.82) is 0 Å². The zero-order valence-electron chi connectivity index (χ0n) is 8.93. The van der Waals surface area contributed by atoms with Crippen molar-refractivity contribution in [3.05, 3.63) is 24.3 Å². The first-order valence-electron chi connectivity index (χ1n) is 5.08. The van der Waals surface area contributed by atoms with Crippen molar-refractivity contribution in [3.63, 3.8) is 0 Å². The number of ether oxygens (including phenoxy) is 1. The first kappa shape index (κ1) is 11.9. The molecular formula is C11H17NO3. The lowest BCUT2D eigenvalue weighted by atomic mass is 10.2. The van der Waals surface area contributed by atoms with Gasteiger partial charge in [0, 0.05) is 19.2 Å². The van der Waals surface area contributed by atoms with Gasteiger partial charge in [0.2, 0.25) is 5.91 Å². The molecular weight excluding hydrogens is 194 g/mol. The molecule has 0 spiro atoms. The molecule has 0 aliphatic carbocycles. The standard InChI is InChI=1S/C11H17NO3/c1-2-3-4-5-11(14)12-6-7-15-10(8-12)9-13/h2-5,10,13H,6-9H2,1H3. The molecule has 0 aromatic heterocycles. The van der Waals surface area contributed by atoms with Crippen LogP contribution < -0.4 is 0 Å². The second-order valence-electron chi connectivity index (χ2n) is 3.34. The van der Waals surface area contributed by atoms with Gasteiger partial charge in [0.05, 0.1) is 19.3 Å². The second-order valence-corrected chi connectivity index (χ2v) is 3.34. The predicted molar refractivity (Wildman–Crippen MR) is 57.4 cm³/mol. The first-order valence-corrected chi connectivity index (χ1v) is 5.08. The molecule has 0 aromatic carbocycles. The van der Waals surface area contributed by atoms with Crippen LogP contribution in [0.5, 0.6) is 0 Å².